The number of ether oxygens (including phenoxy) is 1. The average Bonchev–Trinajstić information content (AvgIpc) is 2.36. The molecule has 1 aromatic carbocycles. The predicted molar refractivity (Wildman–Crippen MR) is 73.3 cm³/mol. The minimum Gasteiger partial charge on any atom is -0.497 e. The molecule has 1 aromatic heterocycles. The van der Waals surface area contributed by atoms with Gasteiger partial charge in [0, 0.05) is 11.8 Å². The molecule has 0 radical (unpaired) electrons. The van der Waals surface area contributed by atoms with Gasteiger partial charge in [0.25, 0.3) is 0 Å². The lowest BCUT2D eigenvalue weighted by Gasteiger charge is -2.08. The van der Waals surface area contributed by atoms with E-state index in [1.54, 1.807) is 13.3 Å². The van der Waals surface area contributed by atoms with Gasteiger partial charge in [-0.15, -0.1) is 0 Å². The number of benzene rings is 1. The summed E-state index contributed by atoms with van der Waals surface area (Å²) in [6, 6.07) is 7.59. The molecule has 0 aliphatic carbocycles. The Kier molecular flexibility index (Phi) is 3.54. The zero-order valence-electron chi connectivity index (χ0n) is 9.08. The third kappa shape index (κ3) is 2.37. The van der Waals surface area contributed by atoms with Crippen molar-refractivity contribution >= 4 is 33.2 Å². The van der Waals surface area contributed by atoms with Crippen molar-refractivity contribution in [1.29, 1.82) is 0 Å². The molecule has 3 nitrogen and oxygen atoms in total. The first-order chi connectivity index (χ1) is 8.13. The molecule has 5 heteroatoms. The molecule has 1 heterocycles. The lowest BCUT2D eigenvalue weighted by molar-refractivity contribution is 0.415. The maximum Gasteiger partial charge on any atom is 0.145 e. The van der Waals surface area contributed by atoms with Crippen LogP contribution in [0.15, 0.2) is 34.9 Å². The van der Waals surface area contributed by atoms with Crippen LogP contribution in [0.3, 0.4) is 0 Å². The number of halogens is 2. The molecule has 17 heavy (non-hydrogen) atoms. The normalized spacial score (nSPS) is 10.3. The molecule has 0 atom stereocenters. The molecule has 0 bridgehead atoms. The summed E-state index contributed by atoms with van der Waals surface area (Å²) < 4.78 is 5.72. The number of pyridine rings is 1. The lowest BCUT2D eigenvalue weighted by atomic mass is 10.1. The summed E-state index contributed by atoms with van der Waals surface area (Å²) in [5.74, 6) is 0.799. The van der Waals surface area contributed by atoms with Crippen LogP contribution in [0.1, 0.15) is 0 Å². The Hall–Kier alpha value is -1.26. The van der Waals surface area contributed by atoms with Crippen molar-refractivity contribution < 1.29 is 4.74 Å². The molecule has 0 unspecified atom stereocenters. The van der Waals surface area contributed by atoms with Gasteiger partial charge in [-0.25, -0.2) is 4.98 Å². The summed E-state index contributed by atoms with van der Waals surface area (Å²) in [5, 5.41) is 0.361. The summed E-state index contributed by atoms with van der Waals surface area (Å²) in [6.07, 6.45) is 1.66. The highest BCUT2D eigenvalue weighted by molar-refractivity contribution is 9.10. The molecule has 0 spiro atoms. The van der Waals surface area contributed by atoms with Crippen LogP contribution in [-0.2, 0) is 0 Å². The molecule has 0 amide bonds. The van der Waals surface area contributed by atoms with Gasteiger partial charge in [0.15, 0.2) is 0 Å². The molecular weight excluding hydrogens is 304 g/mol. The molecule has 0 fully saturated rings. The van der Waals surface area contributed by atoms with Crippen molar-refractivity contribution in [2.75, 3.05) is 12.8 Å². The van der Waals surface area contributed by atoms with Crippen LogP contribution in [0.25, 0.3) is 11.1 Å². The highest BCUT2D eigenvalue weighted by Crippen LogP contribution is 2.35. The van der Waals surface area contributed by atoms with E-state index in [2.05, 4.69) is 20.9 Å². The van der Waals surface area contributed by atoms with Gasteiger partial charge in [0.05, 0.1) is 17.3 Å². The summed E-state index contributed by atoms with van der Waals surface area (Å²) in [4.78, 5) is 4.07. The standard InChI is InChI=1S/C12H10BrClN2O/c1-17-8-4-2-7(3-5-8)9-6-16-12(14)10(13)11(9)15/h2-6H,1H3,(H2,15,16). The first kappa shape index (κ1) is 12.2. The van der Waals surface area contributed by atoms with Gasteiger partial charge in [-0.1, -0.05) is 23.7 Å². The smallest absolute Gasteiger partial charge is 0.145 e. The van der Waals surface area contributed by atoms with E-state index in [1.807, 2.05) is 24.3 Å². The van der Waals surface area contributed by atoms with Crippen molar-refractivity contribution in [3.05, 3.63) is 40.1 Å². The number of nitrogens with two attached hydrogens (primary N) is 1. The van der Waals surface area contributed by atoms with E-state index in [1.165, 1.54) is 0 Å². The van der Waals surface area contributed by atoms with E-state index in [-0.39, 0.29) is 0 Å². The van der Waals surface area contributed by atoms with E-state index in [9.17, 15) is 0 Å². The second kappa shape index (κ2) is 4.94. The summed E-state index contributed by atoms with van der Waals surface area (Å²) in [5.41, 5.74) is 8.37. The number of rotatable bonds is 2. The van der Waals surface area contributed by atoms with Crippen LogP contribution in [0, 0.1) is 0 Å². The zero-order chi connectivity index (χ0) is 12.4. The molecule has 0 aliphatic rings. The Bertz CT molecular complexity index is 543. The summed E-state index contributed by atoms with van der Waals surface area (Å²) in [6.45, 7) is 0. The lowest BCUT2D eigenvalue weighted by Crippen LogP contribution is -1.94. The largest absolute Gasteiger partial charge is 0.497 e. The first-order valence-corrected chi connectivity index (χ1v) is 6.04. The third-order valence-electron chi connectivity index (χ3n) is 2.42. The van der Waals surface area contributed by atoms with Gasteiger partial charge in [0.2, 0.25) is 0 Å². The van der Waals surface area contributed by atoms with Crippen LogP contribution >= 0.6 is 27.5 Å². The predicted octanol–water partition coefficient (Wildman–Crippen LogP) is 3.76. The molecule has 2 aromatic rings. The third-order valence-corrected chi connectivity index (χ3v) is 3.73. The maximum absolute atomic E-state index is 5.98. The highest BCUT2D eigenvalue weighted by atomic mass is 79.9. The van der Waals surface area contributed by atoms with E-state index >= 15 is 0 Å². The van der Waals surface area contributed by atoms with E-state index < -0.39 is 0 Å². The Labute approximate surface area is 113 Å². The van der Waals surface area contributed by atoms with Gasteiger partial charge < -0.3 is 10.5 Å². The Balaban J connectivity index is 2.49. The monoisotopic (exact) mass is 312 g/mol. The van der Waals surface area contributed by atoms with Crippen LogP contribution in [-0.4, -0.2) is 12.1 Å². The van der Waals surface area contributed by atoms with E-state index in [0.717, 1.165) is 16.9 Å². The molecule has 0 saturated heterocycles. The fourth-order valence-electron chi connectivity index (χ4n) is 1.48. The number of methoxy groups -OCH3 is 1. The molecular formula is C12H10BrClN2O. The Morgan fingerprint density at radius 1 is 1.29 bits per heavy atom. The van der Waals surface area contributed by atoms with Crippen LogP contribution in [0.5, 0.6) is 5.75 Å². The van der Waals surface area contributed by atoms with Gasteiger partial charge in [-0.05, 0) is 33.6 Å². The Morgan fingerprint density at radius 3 is 2.53 bits per heavy atom. The fraction of sp³-hybridized carbons (Fsp3) is 0.0833. The molecule has 88 valence electrons. The second-order valence-electron chi connectivity index (χ2n) is 3.42. The van der Waals surface area contributed by atoms with E-state index in [4.69, 9.17) is 22.1 Å². The fourth-order valence-corrected chi connectivity index (χ4v) is 1.94. The van der Waals surface area contributed by atoms with Crippen LogP contribution < -0.4 is 10.5 Å². The number of nitrogen functional groups attached to an aromatic ring is 1. The number of hydrogen-bond acceptors (Lipinski definition) is 3. The van der Waals surface area contributed by atoms with Crippen molar-refractivity contribution in [2.24, 2.45) is 0 Å². The zero-order valence-corrected chi connectivity index (χ0v) is 11.4. The van der Waals surface area contributed by atoms with Crippen LogP contribution in [0.2, 0.25) is 5.15 Å². The SMILES string of the molecule is COc1ccc(-c2cnc(Cl)c(Br)c2N)cc1. The maximum atomic E-state index is 5.98. The second-order valence-corrected chi connectivity index (χ2v) is 4.57. The quantitative estimate of drug-likeness (QED) is 0.859. The Morgan fingerprint density at radius 2 is 1.94 bits per heavy atom. The summed E-state index contributed by atoms with van der Waals surface area (Å²) >= 11 is 9.17. The van der Waals surface area contributed by atoms with Gasteiger partial charge in [-0.3, -0.25) is 0 Å². The molecule has 2 N–H and O–H groups in total. The number of anilines is 1. The molecule has 2 rings (SSSR count). The summed E-state index contributed by atoms with van der Waals surface area (Å²) in [7, 11) is 1.63. The molecule has 0 aliphatic heterocycles. The van der Waals surface area contributed by atoms with Crippen molar-refractivity contribution in [2.45, 2.75) is 0 Å². The number of aromatic nitrogens is 1. The minimum absolute atomic E-state index is 0.361. The van der Waals surface area contributed by atoms with Crippen molar-refractivity contribution in [3.63, 3.8) is 0 Å². The van der Waals surface area contributed by atoms with Crippen molar-refractivity contribution in [1.82, 2.24) is 4.98 Å². The van der Waals surface area contributed by atoms with Gasteiger partial charge >= 0.3 is 0 Å². The molecule has 0 saturated carbocycles. The van der Waals surface area contributed by atoms with Crippen LogP contribution in [0.4, 0.5) is 5.69 Å². The highest BCUT2D eigenvalue weighted by Gasteiger charge is 2.10. The number of hydrogen-bond donors (Lipinski definition) is 1. The number of nitrogens with zero attached hydrogens (tertiary/aromatic N) is 1. The first-order valence-electron chi connectivity index (χ1n) is 4.87. The minimum atomic E-state index is 0.361. The average molecular weight is 314 g/mol. The van der Waals surface area contributed by atoms with Gasteiger partial charge in [-0.2, -0.15) is 0 Å². The topological polar surface area (TPSA) is 48.1 Å². The van der Waals surface area contributed by atoms with Crippen molar-refractivity contribution in [3.8, 4) is 16.9 Å². The van der Waals surface area contributed by atoms with E-state index in [0.29, 0.717) is 15.3 Å². The van der Waals surface area contributed by atoms with Gasteiger partial charge in [0.1, 0.15) is 10.9 Å².